The highest BCUT2D eigenvalue weighted by Crippen LogP contribution is 2.19. The number of halogens is 1. The minimum atomic E-state index is -0.761. The molecule has 3 nitrogen and oxygen atoms in total. The second-order valence-corrected chi connectivity index (χ2v) is 5.99. The smallest absolute Gasteiger partial charge is 0.304 e. The Morgan fingerprint density at radius 3 is 2.52 bits per heavy atom. The molecule has 0 amide bonds. The Labute approximate surface area is 125 Å². The summed E-state index contributed by atoms with van der Waals surface area (Å²) in [6.07, 6.45) is 5.55. The van der Waals surface area contributed by atoms with Crippen LogP contribution in [0, 0.1) is 12.7 Å². The molecule has 1 aliphatic rings. The fourth-order valence-corrected chi connectivity index (χ4v) is 3.10. The van der Waals surface area contributed by atoms with Gasteiger partial charge in [-0.05, 0) is 56.5 Å². The number of hydrogen-bond acceptors (Lipinski definition) is 2. The van der Waals surface area contributed by atoms with E-state index in [1.165, 1.54) is 18.9 Å². The summed E-state index contributed by atoms with van der Waals surface area (Å²) in [5.74, 6) is -0.966. The van der Waals surface area contributed by atoms with E-state index in [4.69, 9.17) is 0 Å². The van der Waals surface area contributed by atoms with Gasteiger partial charge in [-0.15, -0.1) is 0 Å². The van der Waals surface area contributed by atoms with Gasteiger partial charge in [0.25, 0.3) is 0 Å². The number of aliphatic carboxylic acids is 1. The molecule has 1 aliphatic heterocycles. The van der Waals surface area contributed by atoms with Gasteiger partial charge in [-0.1, -0.05) is 25.0 Å². The minimum Gasteiger partial charge on any atom is -0.481 e. The first-order chi connectivity index (χ1) is 10.1. The Morgan fingerprint density at radius 1 is 1.29 bits per heavy atom. The van der Waals surface area contributed by atoms with Gasteiger partial charge in [0.15, 0.2) is 0 Å². The quantitative estimate of drug-likeness (QED) is 0.904. The maximum atomic E-state index is 13.4. The molecule has 0 spiro atoms. The molecular weight excluding hydrogens is 269 g/mol. The van der Waals surface area contributed by atoms with E-state index in [1.807, 2.05) is 6.07 Å². The van der Waals surface area contributed by atoms with Crippen LogP contribution in [0.1, 0.15) is 43.2 Å². The van der Waals surface area contributed by atoms with Crippen LogP contribution in [0.4, 0.5) is 4.39 Å². The lowest BCUT2D eigenvalue weighted by atomic mass is 9.99. The highest BCUT2D eigenvalue weighted by atomic mass is 19.1. The molecule has 1 aromatic carbocycles. The van der Waals surface area contributed by atoms with Gasteiger partial charge in [0.1, 0.15) is 5.82 Å². The first-order valence-electron chi connectivity index (χ1n) is 7.77. The number of likely N-dealkylation sites (tertiary alicyclic amines) is 1. The van der Waals surface area contributed by atoms with Crippen molar-refractivity contribution in [2.75, 3.05) is 13.1 Å². The summed E-state index contributed by atoms with van der Waals surface area (Å²) in [4.78, 5) is 13.5. The lowest BCUT2D eigenvalue weighted by Crippen LogP contribution is -2.39. The Bertz CT molecular complexity index is 482. The van der Waals surface area contributed by atoms with Crippen molar-refractivity contribution in [2.45, 2.75) is 51.5 Å². The number of carbonyl (C=O) groups is 1. The number of aryl methyl sites for hydroxylation is 1. The van der Waals surface area contributed by atoms with Gasteiger partial charge in [-0.3, -0.25) is 9.69 Å². The second-order valence-electron chi connectivity index (χ2n) is 5.99. The number of benzene rings is 1. The summed E-state index contributed by atoms with van der Waals surface area (Å²) >= 11 is 0. The van der Waals surface area contributed by atoms with Crippen LogP contribution in [0.5, 0.6) is 0 Å². The van der Waals surface area contributed by atoms with E-state index in [2.05, 4.69) is 4.90 Å². The summed E-state index contributed by atoms with van der Waals surface area (Å²) < 4.78 is 13.4. The summed E-state index contributed by atoms with van der Waals surface area (Å²) in [6, 6.07) is 5.09. The van der Waals surface area contributed by atoms with Crippen molar-refractivity contribution in [1.29, 1.82) is 0 Å². The predicted molar refractivity (Wildman–Crippen MR) is 80.9 cm³/mol. The van der Waals surface area contributed by atoms with Crippen LogP contribution in [-0.2, 0) is 11.2 Å². The van der Waals surface area contributed by atoms with Crippen LogP contribution in [0.15, 0.2) is 18.2 Å². The average molecular weight is 293 g/mol. The normalized spacial score (nSPS) is 18.2. The van der Waals surface area contributed by atoms with E-state index in [1.54, 1.807) is 13.0 Å². The monoisotopic (exact) mass is 293 g/mol. The minimum absolute atomic E-state index is 0.00506. The molecule has 0 radical (unpaired) electrons. The summed E-state index contributed by atoms with van der Waals surface area (Å²) in [5, 5.41) is 9.17. The zero-order valence-corrected chi connectivity index (χ0v) is 12.6. The molecule has 1 fully saturated rings. The molecule has 1 heterocycles. The molecule has 1 saturated heterocycles. The topological polar surface area (TPSA) is 40.5 Å². The SMILES string of the molecule is Cc1cc(CC(CC(=O)O)N2CCCCCC2)ccc1F. The third kappa shape index (κ3) is 4.81. The Hall–Kier alpha value is -1.42. The molecular formula is C17H24FNO2. The molecule has 1 unspecified atom stereocenters. The Kier molecular flexibility index (Phi) is 5.74. The van der Waals surface area contributed by atoms with E-state index < -0.39 is 5.97 Å². The van der Waals surface area contributed by atoms with Crippen molar-refractivity contribution in [1.82, 2.24) is 4.90 Å². The van der Waals surface area contributed by atoms with Crippen LogP contribution < -0.4 is 0 Å². The lowest BCUT2D eigenvalue weighted by molar-refractivity contribution is -0.138. The van der Waals surface area contributed by atoms with Crippen LogP contribution in [-0.4, -0.2) is 35.1 Å². The van der Waals surface area contributed by atoms with Crippen molar-refractivity contribution in [2.24, 2.45) is 0 Å². The molecule has 2 rings (SSSR count). The highest BCUT2D eigenvalue weighted by molar-refractivity contribution is 5.67. The maximum absolute atomic E-state index is 13.4. The molecule has 0 saturated carbocycles. The molecule has 116 valence electrons. The standard InChI is InChI=1S/C17H24FNO2/c1-13-10-14(6-7-16(13)18)11-15(12-17(20)21)19-8-4-2-3-5-9-19/h6-7,10,15H,2-5,8-9,11-12H2,1H3,(H,20,21). The van der Waals surface area contributed by atoms with E-state index >= 15 is 0 Å². The fraction of sp³-hybridized carbons (Fsp3) is 0.588. The number of rotatable bonds is 5. The third-order valence-electron chi connectivity index (χ3n) is 4.26. The summed E-state index contributed by atoms with van der Waals surface area (Å²) in [7, 11) is 0. The zero-order valence-electron chi connectivity index (χ0n) is 12.6. The fourth-order valence-electron chi connectivity index (χ4n) is 3.10. The number of nitrogens with zero attached hydrogens (tertiary/aromatic N) is 1. The van der Waals surface area contributed by atoms with Crippen molar-refractivity contribution in [3.8, 4) is 0 Å². The van der Waals surface area contributed by atoms with Crippen molar-refractivity contribution in [3.05, 3.63) is 35.1 Å². The van der Waals surface area contributed by atoms with Crippen molar-refractivity contribution < 1.29 is 14.3 Å². The highest BCUT2D eigenvalue weighted by Gasteiger charge is 2.22. The molecule has 1 N–H and O–H groups in total. The van der Waals surface area contributed by atoms with Crippen LogP contribution >= 0.6 is 0 Å². The van der Waals surface area contributed by atoms with Gasteiger partial charge in [-0.2, -0.15) is 0 Å². The van der Waals surface area contributed by atoms with Crippen LogP contribution in [0.2, 0.25) is 0 Å². The first kappa shape index (κ1) is 16.0. The number of carboxylic acids is 1. The second kappa shape index (κ2) is 7.55. The van der Waals surface area contributed by atoms with E-state index in [0.29, 0.717) is 12.0 Å². The van der Waals surface area contributed by atoms with E-state index in [-0.39, 0.29) is 18.3 Å². The number of carboxylic acid groups (broad SMARTS) is 1. The molecule has 0 aromatic heterocycles. The average Bonchev–Trinajstić information content (AvgIpc) is 2.70. The number of hydrogen-bond donors (Lipinski definition) is 1. The van der Waals surface area contributed by atoms with E-state index in [9.17, 15) is 14.3 Å². The van der Waals surface area contributed by atoms with Crippen molar-refractivity contribution in [3.63, 3.8) is 0 Å². The van der Waals surface area contributed by atoms with Gasteiger partial charge >= 0.3 is 5.97 Å². The Morgan fingerprint density at radius 2 is 1.95 bits per heavy atom. The third-order valence-corrected chi connectivity index (χ3v) is 4.26. The molecule has 0 bridgehead atoms. The van der Waals surface area contributed by atoms with E-state index in [0.717, 1.165) is 31.5 Å². The molecule has 1 atom stereocenters. The van der Waals surface area contributed by atoms with Crippen molar-refractivity contribution >= 4 is 5.97 Å². The largest absolute Gasteiger partial charge is 0.481 e. The zero-order chi connectivity index (χ0) is 15.2. The first-order valence-corrected chi connectivity index (χ1v) is 7.77. The van der Waals surface area contributed by atoms with Gasteiger partial charge in [0.2, 0.25) is 0 Å². The summed E-state index contributed by atoms with van der Waals surface area (Å²) in [5.41, 5.74) is 1.64. The van der Waals surface area contributed by atoms with Gasteiger partial charge in [0.05, 0.1) is 6.42 Å². The molecule has 4 heteroatoms. The van der Waals surface area contributed by atoms with Gasteiger partial charge < -0.3 is 5.11 Å². The lowest BCUT2D eigenvalue weighted by Gasteiger charge is -2.29. The van der Waals surface area contributed by atoms with Crippen LogP contribution in [0.25, 0.3) is 0 Å². The molecule has 21 heavy (non-hydrogen) atoms. The maximum Gasteiger partial charge on any atom is 0.304 e. The molecule has 1 aromatic rings. The van der Waals surface area contributed by atoms with Gasteiger partial charge in [-0.25, -0.2) is 4.39 Å². The van der Waals surface area contributed by atoms with Crippen LogP contribution in [0.3, 0.4) is 0 Å². The van der Waals surface area contributed by atoms with Gasteiger partial charge in [0, 0.05) is 6.04 Å². The Balaban J connectivity index is 2.10. The predicted octanol–water partition coefficient (Wildman–Crippen LogP) is 3.40. The molecule has 0 aliphatic carbocycles. The summed E-state index contributed by atoms with van der Waals surface area (Å²) in [6.45, 7) is 3.69.